The van der Waals surface area contributed by atoms with Gasteiger partial charge in [-0.25, -0.2) is 4.39 Å². The molecule has 0 radical (unpaired) electrons. The average Bonchev–Trinajstić information content (AvgIpc) is 2.59. The van der Waals surface area contributed by atoms with Crippen molar-refractivity contribution in [3.05, 3.63) is 71.8 Å². The molecule has 0 saturated heterocycles. The molecule has 4 heteroatoms. The monoisotopic (exact) mass is 318 g/mol. The minimum Gasteiger partial charge on any atom is -0.396 e. The molecule has 1 atom stereocenters. The van der Waals surface area contributed by atoms with Crippen molar-refractivity contribution in [2.45, 2.75) is 38.5 Å². The topological polar surface area (TPSA) is 38.7 Å². The molecule has 2 aromatic rings. The van der Waals surface area contributed by atoms with E-state index in [2.05, 4.69) is 0 Å². The van der Waals surface area contributed by atoms with Gasteiger partial charge in [-0.1, -0.05) is 60.7 Å². The second-order valence-corrected chi connectivity index (χ2v) is 5.37. The van der Waals surface area contributed by atoms with Crippen LogP contribution in [0.1, 0.15) is 24.0 Å². The Balaban J connectivity index is 1.88. The zero-order valence-electron chi connectivity index (χ0n) is 13.1. The van der Waals surface area contributed by atoms with E-state index >= 15 is 0 Å². The highest BCUT2D eigenvalue weighted by Crippen LogP contribution is 2.15. The highest BCUT2D eigenvalue weighted by Gasteiger charge is 2.17. The van der Waals surface area contributed by atoms with Gasteiger partial charge in [-0.15, -0.1) is 0 Å². The smallest absolute Gasteiger partial charge is 0.161 e. The van der Waals surface area contributed by atoms with Crippen LogP contribution in [0.15, 0.2) is 60.7 Å². The lowest BCUT2D eigenvalue weighted by Gasteiger charge is -2.20. The van der Waals surface area contributed by atoms with Crippen molar-refractivity contribution in [3.8, 4) is 0 Å². The average molecular weight is 318 g/mol. The fourth-order valence-electron chi connectivity index (χ4n) is 2.18. The molecule has 124 valence electrons. The second-order valence-electron chi connectivity index (χ2n) is 5.37. The lowest BCUT2D eigenvalue weighted by atomic mass is 10.2. The van der Waals surface area contributed by atoms with E-state index in [1.54, 1.807) is 0 Å². The third kappa shape index (κ3) is 6.91. The van der Waals surface area contributed by atoms with Gasteiger partial charge in [0.05, 0.1) is 13.2 Å². The molecule has 0 aromatic heterocycles. The first-order valence-electron chi connectivity index (χ1n) is 7.84. The summed E-state index contributed by atoms with van der Waals surface area (Å²) in [7, 11) is 0. The Morgan fingerprint density at radius 3 is 1.74 bits per heavy atom. The standard InChI is InChI=1S/C19H23FO3/c20-18(11-12-21)13-19(22-14-16-7-3-1-4-8-16)23-15-17-9-5-2-6-10-17/h1-10,18-19,21H,11-15H2. The molecule has 3 nitrogen and oxygen atoms in total. The number of halogens is 1. The van der Waals surface area contributed by atoms with Crippen LogP contribution in [0.3, 0.4) is 0 Å². The summed E-state index contributed by atoms with van der Waals surface area (Å²) in [4.78, 5) is 0. The number of ether oxygens (including phenoxy) is 2. The molecule has 0 aliphatic heterocycles. The summed E-state index contributed by atoms with van der Waals surface area (Å²) in [5, 5.41) is 8.84. The molecular weight excluding hydrogens is 295 g/mol. The normalized spacial score (nSPS) is 12.5. The van der Waals surface area contributed by atoms with E-state index in [0.29, 0.717) is 13.2 Å². The van der Waals surface area contributed by atoms with E-state index in [-0.39, 0.29) is 19.4 Å². The number of aliphatic hydroxyl groups excluding tert-OH is 1. The van der Waals surface area contributed by atoms with Crippen molar-refractivity contribution in [1.29, 1.82) is 0 Å². The summed E-state index contributed by atoms with van der Waals surface area (Å²) < 4.78 is 25.2. The van der Waals surface area contributed by atoms with Crippen LogP contribution in [-0.2, 0) is 22.7 Å². The van der Waals surface area contributed by atoms with E-state index in [1.807, 2.05) is 60.7 Å². The first-order chi connectivity index (χ1) is 11.3. The molecule has 23 heavy (non-hydrogen) atoms. The molecule has 1 N–H and O–H groups in total. The van der Waals surface area contributed by atoms with Gasteiger partial charge in [0.25, 0.3) is 0 Å². The maximum absolute atomic E-state index is 13.8. The van der Waals surface area contributed by atoms with Crippen molar-refractivity contribution in [3.63, 3.8) is 0 Å². The van der Waals surface area contributed by atoms with E-state index < -0.39 is 12.5 Å². The van der Waals surface area contributed by atoms with Crippen LogP contribution < -0.4 is 0 Å². The highest BCUT2D eigenvalue weighted by molar-refractivity contribution is 5.14. The molecule has 0 bridgehead atoms. The fourth-order valence-corrected chi connectivity index (χ4v) is 2.18. The molecule has 0 aliphatic rings. The third-order valence-corrected chi connectivity index (χ3v) is 3.45. The molecule has 0 saturated carbocycles. The molecule has 1 unspecified atom stereocenters. The minimum atomic E-state index is -1.14. The van der Waals surface area contributed by atoms with Crippen molar-refractivity contribution < 1.29 is 19.0 Å². The zero-order valence-corrected chi connectivity index (χ0v) is 13.1. The summed E-state index contributed by atoms with van der Waals surface area (Å²) in [6.07, 6.45) is -1.58. The summed E-state index contributed by atoms with van der Waals surface area (Å²) in [5.74, 6) is 0. The second kappa shape index (κ2) is 10.1. The van der Waals surface area contributed by atoms with E-state index in [4.69, 9.17) is 14.6 Å². The predicted molar refractivity (Wildman–Crippen MR) is 87.5 cm³/mol. The van der Waals surface area contributed by atoms with Crippen molar-refractivity contribution in [2.24, 2.45) is 0 Å². The van der Waals surface area contributed by atoms with Crippen LogP contribution in [0.25, 0.3) is 0 Å². The van der Waals surface area contributed by atoms with Crippen molar-refractivity contribution in [1.82, 2.24) is 0 Å². The third-order valence-electron chi connectivity index (χ3n) is 3.45. The van der Waals surface area contributed by atoms with Gasteiger partial charge in [0.1, 0.15) is 6.17 Å². The van der Waals surface area contributed by atoms with Crippen LogP contribution >= 0.6 is 0 Å². The van der Waals surface area contributed by atoms with E-state index in [0.717, 1.165) is 11.1 Å². The number of rotatable bonds is 10. The summed E-state index contributed by atoms with van der Waals surface area (Å²) in [6, 6.07) is 19.4. The maximum atomic E-state index is 13.8. The van der Waals surface area contributed by atoms with Gasteiger partial charge in [0.15, 0.2) is 6.29 Å². The number of benzene rings is 2. The van der Waals surface area contributed by atoms with Crippen molar-refractivity contribution in [2.75, 3.05) is 6.61 Å². The van der Waals surface area contributed by atoms with E-state index in [1.165, 1.54) is 0 Å². The largest absolute Gasteiger partial charge is 0.396 e. The molecule has 2 rings (SSSR count). The molecule has 0 heterocycles. The molecule has 0 aliphatic carbocycles. The maximum Gasteiger partial charge on any atom is 0.161 e. The van der Waals surface area contributed by atoms with Gasteiger partial charge in [-0.3, -0.25) is 0 Å². The predicted octanol–water partition coefficient (Wildman–Crippen LogP) is 3.86. The first-order valence-corrected chi connectivity index (χ1v) is 7.84. The molecular formula is C19H23FO3. The Morgan fingerprint density at radius 1 is 0.826 bits per heavy atom. The number of hydrogen-bond donors (Lipinski definition) is 1. The van der Waals surface area contributed by atoms with Crippen LogP contribution in [0, 0.1) is 0 Å². The Labute approximate surface area is 136 Å². The zero-order chi connectivity index (χ0) is 16.3. The summed E-state index contributed by atoms with van der Waals surface area (Å²) >= 11 is 0. The number of aliphatic hydroxyl groups is 1. The van der Waals surface area contributed by atoms with Gasteiger partial charge >= 0.3 is 0 Å². The van der Waals surface area contributed by atoms with Gasteiger partial charge in [0, 0.05) is 19.4 Å². The molecule has 2 aromatic carbocycles. The SMILES string of the molecule is OCCC(F)CC(OCc1ccccc1)OCc1ccccc1. The Hall–Kier alpha value is -1.75. The summed E-state index contributed by atoms with van der Waals surface area (Å²) in [5.41, 5.74) is 2.02. The van der Waals surface area contributed by atoms with Gasteiger partial charge in [-0.05, 0) is 11.1 Å². The van der Waals surface area contributed by atoms with Crippen LogP contribution in [0.5, 0.6) is 0 Å². The Bertz CT molecular complexity index is 489. The fraction of sp³-hybridized carbons (Fsp3) is 0.368. The highest BCUT2D eigenvalue weighted by atomic mass is 19.1. The van der Waals surface area contributed by atoms with E-state index in [9.17, 15) is 4.39 Å². The number of hydrogen-bond acceptors (Lipinski definition) is 3. The van der Waals surface area contributed by atoms with Crippen molar-refractivity contribution >= 4 is 0 Å². The lowest BCUT2D eigenvalue weighted by molar-refractivity contribution is -0.167. The Kier molecular flexibility index (Phi) is 7.73. The summed E-state index contributed by atoms with van der Waals surface area (Å²) in [6.45, 7) is 0.559. The number of alkyl halides is 1. The molecule has 0 amide bonds. The Morgan fingerprint density at radius 2 is 1.30 bits per heavy atom. The van der Waals surface area contributed by atoms with Gasteiger partial charge in [-0.2, -0.15) is 0 Å². The van der Waals surface area contributed by atoms with Gasteiger partial charge in [0.2, 0.25) is 0 Å². The van der Waals surface area contributed by atoms with Crippen LogP contribution in [0.4, 0.5) is 4.39 Å². The first kappa shape index (κ1) is 17.6. The molecule has 0 spiro atoms. The van der Waals surface area contributed by atoms with Gasteiger partial charge < -0.3 is 14.6 Å². The minimum absolute atomic E-state index is 0.0971. The van der Waals surface area contributed by atoms with Crippen LogP contribution in [0.2, 0.25) is 0 Å². The molecule has 0 fully saturated rings. The lowest BCUT2D eigenvalue weighted by Crippen LogP contribution is -2.22. The van der Waals surface area contributed by atoms with Crippen LogP contribution in [-0.4, -0.2) is 24.2 Å². The quantitative estimate of drug-likeness (QED) is 0.676.